The lowest BCUT2D eigenvalue weighted by atomic mass is 10.2. The first-order valence-electron chi connectivity index (χ1n) is 6.78. The second kappa shape index (κ2) is 6.73. The van der Waals surface area contributed by atoms with Crippen molar-refractivity contribution in [2.75, 3.05) is 18.5 Å². The first kappa shape index (κ1) is 14.8. The summed E-state index contributed by atoms with van der Waals surface area (Å²) in [4.78, 5) is 6.52. The summed E-state index contributed by atoms with van der Waals surface area (Å²) in [6, 6.07) is 10.3. The molecule has 0 aliphatic rings. The number of pyridine rings is 1. The predicted octanol–water partition coefficient (Wildman–Crippen LogP) is 3.92. The zero-order valence-corrected chi connectivity index (χ0v) is 12.9. The minimum absolute atomic E-state index is 0.702. The summed E-state index contributed by atoms with van der Waals surface area (Å²) in [5.74, 6) is 0.900. The van der Waals surface area contributed by atoms with Crippen LogP contribution in [0, 0.1) is 6.92 Å². The molecule has 0 spiro atoms. The monoisotopic (exact) mass is 289 g/mol. The van der Waals surface area contributed by atoms with E-state index >= 15 is 0 Å². The standard InChI is InChI=1S/C16H20ClN3/c1-4-18-10-13-9-16(19-11-14(13)17)20(3)15-8-6-5-7-12(15)2/h5-9,11,18H,4,10H2,1-3H3. The van der Waals surface area contributed by atoms with Gasteiger partial charge in [0.15, 0.2) is 0 Å². The summed E-state index contributed by atoms with van der Waals surface area (Å²) in [6.07, 6.45) is 1.72. The van der Waals surface area contributed by atoms with Gasteiger partial charge in [0.05, 0.1) is 5.02 Å². The molecule has 1 aromatic carbocycles. The zero-order chi connectivity index (χ0) is 14.5. The zero-order valence-electron chi connectivity index (χ0n) is 12.2. The summed E-state index contributed by atoms with van der Waals surface area (Å²) in [7, 11) is 2.02. The van der Waals surface area contributed by atoms with Gasteiger partial charge in [0.2, 0.25) is 0 Å². The van der Waals surface area contributed by atoms with Gasteiger partial charge in [-0.05, 0) is 36.7 Å². The molecule has 0 aliphatic carbocycles. The van der Waals surface area contributed by atoms with Gasteiger partial charge in [0.25, 0.3) is 0 Å². The van der Waals surface area contributed by atoms with Gasteiger partial charge >= 0.3 is 0 Å². The SMILES string of the molecule is CCNCc1cc(N(C)c2ccccc2C)ncc1Cl. The highest BCUT2D eigenvalue weighted by atomic mass is 35.5. The van der Waals surface area contributed by atoms with Crippen LogP contribution in [0.3, 0.4) is 0 Å². The molecule has 4 heteroatoms. The maximum Gasteiger partial charge on any atom is 0.133 e. The number of anilines is 2. The number of aryl methyl sites for hydroxylation is 1. The summed E-state index contributed by atoms with van der Waals surface area (Å²) in [5, 5.41) is 3.99. The maximum absolute atomic E-state index is 6.19. The Morgan fingerprint density at radius 2 is 2.05 bits per heavy atom. The number of hydrogen-bond acceptors (Lipinski definition) is 3. The van der Waals surface area contributed by atoms with Gasteiger partial charge in [0, 0.05) is 25.5 Å². The van der Waals surface area contributed by atoms with Crippen LogP contribution in [0.25, 0.3) is 0 Å². The molecule has 0 saturated heterocycles. The van der Waals surface area contributed by atoms with Gasteiger partial charge in [-0.2, -0.15) is 0 Å². The van der Waals surface area contributed by atoms with Crippen molar-refractivity contribution >= 4 is 23.1 Å². The van der Waals surface area contributed by atoms with Crippen molar-refractivity contribution in [2.45, 2.75) is 20.4 Å². The van der Waals surface area contributed by atoms with E-state index < -0.39 is 0 Å². The fourth-order valence-electron chi connectivity index (χ4n) is 2.11. The molecule has 0 amide bonds. The Kier molecular flexibility index (Phi) is 4.99. The topological polar surface area (TPSA) is 28.2 Å². The van der Waals surface area contributed by atoms with Gasteiger partial charge in [0.1, 0.15) is 5.82 Å². The van der Waals surface area contributed by atoms with Gasteiger partial charge < -0.3 is 10.2 Å². The van der Waals surface area contributed by atoms with E-state index in [9.17, 15) is 0 Å². The summed E-state index contributed by atoms with van der Waals surface area (Å²) >= 11 is 6.19. The number of nitrogens with one attached hydrogen (secondary N) is 1. The third-order valence-corrected chi connectivity index (χ3v) is 3.65. The molecule has 0 atom stereocenters. The minimum Gasteiger partial charge on any atom is -0.329 e. The van der Waals surface area contributed by atoms with E-state index in [1.54, 1.807) is 6.20 Å². The highest BCUT2D eigenvalue weighted by Gasteiger charge is 2.10. The number of hydrogen-bond donors (Lipinski definition) is 1. The van der Waals surface area contributed by atoms with E-state index in [0.717, 1.165) is 30.2 Å². The molecular formula is C16H20ClN3. The lowest BCUT2D eigenvalue weighted by Crippen LogP contribution is -2.15. The van der Waals surface area contributed by atoms with Crippen LogP contribution in [-0.4, -0.2) is 18.6 Å². The summed E-state index contributed by atoms with van der Waals surface area (Å²) < 4.78 is 0. The number of nitrogens with zero attached hydrogens (tertiary/aromatic N) is 2. The van der Waals surface area contributed by atoms with E-state index in [0.29, 0.717) is 5.02 Å². The Bertz CT molecular complexity index is 584. The van der Waals surface area contributed by atoms with Gasteiger partial charge in [-0.25, -0.2) is 4.98 Å². The maximum atomic E-state index is 6.19. The third-order valence-electron chi connectivity index (χ3n) is 3.31. The Morgan fingerprint density at radius 3 is 2.75 bits per heavy atom. The van der Waals surface area contributed by atoms with E-state index in [1.807, 2.05) is 25.2 Å². The van der Waals surface area contributed by atoms with Crippen LogP contribution in [0.5, 0.6) is 0 Å². The normalized spacial score (nSPS) is 10.6. The van der Waals surface area contributed by atoms with E-state index in [-0.39, 0.29) is 0 Å². The number of aromatic nitrogens is 1. The van der Waals surface area contributed by atoms with Crippen LogP contribution < -0.4 is 10.2 Å². The second-order valence-corrected chi connectivity index (χ2v) is 5.17. The van der Waals surface area contributed by atoms with Crippen molar-refractivity contribution in [3.8, 4) is 0 Å². The smallest absolute Gasteiger partial charge is 0.133 e. The van der Waals surface area contributed by atoms with Crippen LogP contribution in [0.1, 0.15) is 18.1 Å². The van der Waals surface area contributed by atoms with Crippen LogP contribution in [0.4, 0.5) is 11.5 Å². The van der Waals surface area contributed by atoms with Crippen molar-refractivity contribution in [3.63, 3.8) is 0 Å². The minimum atomic E-state index is 0.702. The van der Waals surface area contributed by atoms with Crippen LogP contribution >= 0.6 is 11.6 Å². The van der Waals surface area contributed by atoms with Gasteiger partial charge in [-0.3, -0.25) is 0 Å². The lowest BCUT2D eigenvalue weighted by molar-refractivity contribution is 0.726. The molecule has 1 heterocycles. The Hall–Kier alpha value is -1.58. The highest BCUT2D eigenvalue weighted by Crippen LogP contribution is 2.27. The van der Waals surface area contributed by atoms with Crippen molar-refractivity contribution in [1.82, 2.24) is 10.3 Å². The number of para-hydroxylation sites is 1. The van der Waals surface area contributed by atoms with Gasteiger partial charge in [-0.15, -0.1) is 0 Å². The fraction of sp³-hybridized carbons (Fsp3) is 0.312. The van der Waals surface area contributed by atoms with E-state index in [4.69, 9.17) is 11.6 Å². The van der Waals surface area contributed by atoms with E-state index in [1.165, 1.54) is 5.56 Å². The van der Waals surface area contributed by atoms with Crippen LogP contribution in [0.2, 0.25) is 5.02 Å². The molecule has 2 aromatic rings. The molecule has 3 nitrogen and oxygen atoms in total. The van der Waals surface area contributed by atoms with Crippen molar-refractivity contribution in [1.29, 1.82) is 0 Å². The Morgan fingerprint density at radius 1 is 1.30 bits per heavy atom. The molecule has 0 aliphatic heterocycles. The quantitative estimate of drug-likeness (QED) is 0.904. The highest BCUT2D eigenvalue weighted by molar-refractivity contribution is 6.31. The summed E-state index contributed by atoms with van der Waals surface area (Å²) in [6.45, 7) is 5.85. The van der Waals surface area contributed by atoms with E-state index in [2.05, 4.69) is 41.2 Å². The average molecular weight is 290 g/mol. The molecule has 2 rings (SSSR count). The van der Waals surface area contributed by atoms with Crippen LogP contribution in [-0.2, 0) is 6.54 Å². The molecule has 20 heavy (non-hydrogen) atoms. The summed E-state index contributed by atoms with van der Waals surface area (Å²) in [5.41, 5.74) is 3.44. The fourth-order valence-corrected chi connectivity index (χ4v) is 2.28. The van der Waals surface area contributed by atoms with Crippen molar-refractivity contribution < 1.29 is 0 Å². The first-order chi connectivity index (χ1) is 9.63. The molecule has 0 unspecified atom stereocenters. The molecule has 0 radical (unpaired) electrons. The van der Waals surface area contributed by atoms with Crippen LogP contribution in [0.15, 0.2) is 36.5 Å². The number of rotatable bonds is 5. The van der Waals surface area contributed by atoms with Crippen molar-refractivity contribution in [2.24, 2.45) is 0 Å². The average Bonchev–Trinajstić information content (AvgIpc) is 2.46. The largest absolute Gasteiger partial charge is 0.329 e. The molecule has 0 saturated carbocycles. The lowest BCUT2D eigenvalue weighted by Gasteiger charge is -2.21. The van der Waals surface area contributed by atoms with Gasteiger partial charge in [-0.1, -0.05) is 36.7 Å². The second-order valence-electron chi connectivity index (χ2n) is 4.76. The number of benzene rings is 1. The Labute approximate surface area is 125 Å². The molecular weight excluding hydrogens is 270 g/mol. The Balaban J connectivity index is 2.30. The molecule has 0 bridgehead atoms. The predicted molar refractivity (Wildman–Crippen MR) is 85.9 cm³/mol. The number of halogens is 1. The third kappa shape index (κ3) is 3.30. The molecule has 106 valence electrons. The first-order valence-corrected chi connectivity index (χ1v) is 7.15. The molecule has 1 N–H and O–H groups in total. The van der Waals surface area contributed by atoms with Crippen molar-refractivity contribution in [3.05, 3.63) is 52.7 Å². The molecule has 1 aromatic heterocycles. The molecule has 0 fully saturated rings.